The van der Waals surface area contributed by atoms with Crippen LogP contribution in [0.2, 0.25) is 0 Å². The number of hydrogen-bond acceptors (Lipinski definition) is 6. The van der Waals surface area contributed by atoms with Gasteiger partial charge in [-0.3, -0.25) is 9.59 Å². The Morgan fingerprint density at radius 1 is 1.28 bits per heavy atom. The number of hydrogen-bond donors (Lipinski definition) is 1. The van der Waals surface area contributed by atoms with Crippen LogP contribution in [0.25, 0.3) is 0 Å². The number of aliphatic hydroxyl groups excluding tert-OH is 1. The lowest BCUT2D eigenvalue weighted by Gasteiger charge is -2.28. The van der Waals surface area contributed by atoms with Gasteiger partial charge >= 0.3 is 12.1 Å². The van der Waals surface area contributed by atoms with Gasteiger partial charge in [0, 0.05) is 0 Å². The number of nitrogens with zero attached hydrogens (tertiary/aromatic N) is 1. The van der Waals surface area contributed by atoms with Gasteiger partial charge in [-0.1, -0.05) is 43.7 Å². The summed E-state index contributed by atoms with van der Waals surface area (Å²) in [5.41, 5.74) is 0.259. The molecular formula is C22H31NO6. The van der Waals surface area contributed by atoms with Crippen molar-refractivity contribution in [3.8, 4) is 0 Å². The lowest BCUT2D eigenvalue weighted by Crippen LogP contribution is -2.47. The molecule has 0 radical (unpaired) electrons. The minimum Gasteiger partial charge on any atom is -0.460 e. The molecular weight excluding hydrogens is 374 g/mol. The first kappa shape index (κ1) is 22.9. The van der Waals surface area contributed by atoms with Gasteiger partial charge in [-0.2, -0.15) is 0 Å². The Labute approximate surface area is 172 Å². The van der Waals surface area contributed by atoms with Gasteiger partial charge < -0.3 is 14.6 Å². The van der Waals surface area contributed by atoms with Crippen molar-refractivity contribution >= 4 is 18.0 Å². The van der Waals surface area contributed by atoms with E-state index in [9.17, 15) is 19.5 Å². The van der Waals surface area contributed by atoms with Gasteiger partial charge in [0.15, 0.2) is 0 Å². The molecule has 1 fully saturated rings. The van der Waals surface area contributed by atoms with Crippen molar-refractivity contribution in [2.24, 2.45) is 5.92 Å². The van der Waals surface area contributed by atoms with Crippen LogP contribution in [0.3, 0.4) is 0 Å². The Kier molecular flexibility index (Phi) is 7.79. The van der Waals surface area contributed by atoms with Gasteiger partial charge in [-0.15, -0.1) is 0 Å². The zero-order chi connectivity index (χ0) is 21.6. The summed E-state index contributed by atoms with van der Waals surface area (Å²) in [5, 5.41) is 10.5. The van der Waals surface area contributed by atoms with E-state index < -0.39 is 41.6 Å². The predicted molar refractivity (Wildman–Crippen MR) is 107 cm³/mol. The first-order valence-electron chi connectivity index (χ1n) is 10.1. The molecule has 2 rings (SSSR count). The quantitative estimate of drug-likeness (QED) is 0.668. The number of carbonyl (C=O) groups is 3. The highest BCUT2D eigenvalue weighted by Gasteiger charge is 2.43. The lowest BCUT2D eigenvalue weighted by molar-refractivity contribution is -0.160. The third-order valence-corrected chi connectivity index (χ3v) is 4.69. The van der Waals surface area contributed by atoms with E-state index >= 15 is 0 Å². The molecule has 1 aromatic rings. The highest BCUT2D eigenvalue weighted by atomic mass is 16.6. The summed E-state index contributed by atoms with van der Waals surface area (Å²) in [6.45, 7) is 7.16. The molecule has 160 valence electrons. The summed E-state index contributed by atoms with van der Waals surface area (Å²) in [4.78, 5) is 38.9. The maximum atomic E-state index is 13.2. The first-order valence-corrected chi connectivity index (χ1v) is 10.1. The smallest absolute Gasteiger partial charge is 0.416 e. The molecule has 29 heavy (non-hydrogen) atoms. The zero-order valence-corrected chi connectivity index (χ0v) is 17.6. The molecule has 1 aliphatic heterocycles. The van der Waals surface area contributed by atoms with E-state index in [0.29, 0.717) is 19.3 Å². The average Bonchev–Trinajstić information content (AvgIpc) is 2.99. The Morgan fingerprint density at radius 3 is 2.52 bits per heavy atom. The van der Waals surface area contributed by atoms with E-state index in [4.69, 9.17) is 9.47 Å². The highest BCUT2D eigenvalue weighted by Crippen LogP contribution is 2.25. The fourth-order valence-corrected chi connectivity index (χ4v) is 3.39. The van der Waals surface area contributed by atoms with Crippen LogP contribution in [0.5, 0.6) is 0 Å². The molecule has 0 aliphatic carbocycles. The van der Waals surface area contributed by atoms with Crippen molar-refractivity contribution in [2.45, 2.75) is 71.1 Å². The number of amides is 2. The summed E-state index contributed by atoms with van der Waals surface area (Å²) in [6.07, 6.45) is -0.664. The minimum atomic E-state index is -1.06. The molecule has 0 spiro atoms. The molecule has 1 heterocycles. The minimum absolute atomic E-state index is 0.0858. The molecule has 0 unspecified atom stereocenters. The second kappa shape index (κ2) is 9.87. The monoisotopic (exact) mass is 405 g/mol. The van der Waals surface area contributed by atoms with Crippen molar-refractivity contribution in [1.29, 1.82) is 0 Å². The van der Waals surface area contributed by atoms with Crippen LogP contribution in [0.1, 0.15) is 52.5 Å². The SMILES string of the molecule is CCC[C@@H](O)[C@@H](CC(=O)OC(C)(C)C)C(=O)N1C(=O)OC[C@@H]1Cc1ccccc1. The van der Waals surface area contributed by atoms with Crippen LogP contribution < -0.4 is 0 Å². The molecule has 1 aromatic carbocycles. The Balaban J connectivity index is 2.20. The Hall–Kier alpha value is -2.41. The number of cyclic esters (lactones) is 1. The van der Waals surface area contributed by atoms with Crippen molar-refractivity contribution < 1.29 is 29.0 Å². The third kappa shape index (κ3) is 6.56. The molecule has 0 aromatic heterocycles. The topological polar surface area (TPSA) is 93.1 Å². The average molecular weight is 405 g/mol. The lowest BCUT2D eigenvalue weighted by atomic mass is 9.92. The van der Waals surface area contributed by atoms with Crippen LogP contribution >= 0.6 is 0 Å². The molecule has 0 bridgehead atoms. The number of aliphatic hydroxyl groups is 1. The van der Waals surface area contributed by atoms with Crippen LogP contribution in [-0.2, 0) is 25.5 Å². The maximum Gasteiger partial charge on any atom is 0.416 e. The zero-order valence-electron chi connectivity index (χ0n) is 17.6. The van der Waals surface area contributed by atoms with Gasteiger partial charge in [-0.05, 0) is 39.2 Å². The molecule has 7 heteroatoms. The number of imide groups is 1. The van der Waals surface area contributed by atoms with E-state index in [1.165, 1.54) is 0 Å². The Bertz CT molecular complexity index is 712. The fourth-order valence-electron chi connectivity index (χ4n) is 3.39. The number of esters is 1. The van der Waals surface area contributed by atoms with Crippen LogP contribution in [-0.4, -0.2) is 52.3 Å². The summed E-state index contributed by atoms with van der Waals surface area (Å²) >= 11 is 0. The molecule has 1 saturated heterocycles. The number of benzene rings is 1. The van der Waals surface area contributed by atoms with Crippen molar-refractivity contribution in [3.63, 3.8) is 0 Å². The van der Waals surface area contributed by atoms with E-state index in [-0.39, 0.29) is 13.0 Å². The molecule has 1 N–H and O–H groups in total. The van der Waals surface area contributed by atoms with Gasteiger partial charge in [0.1, 0.15) is 12.2 Å². The largest absolute Gasteiger partial charge is 0.460 e. The number of carbonyl (C=O) groups excluding carboxylic acids is 3. The van der Waals surface area contributed by atoms with E-state index in [1.807, 2.05) is 37.3 Å². The van der Waals surface area contributed by atoms with Crippen molar-refractivity contribution in [3.05, 3.63) is 35.9 Å². The van der Waals surface area contributed by atoms with Crippen LogP contribution in [0.4, 0.5) is 4.79 Å². The maximum absolute atomic E-state index is 13.2. The van der Waals surface area contributed by atoms with E-state index in [2.05, 4.69) is 0 Å². The number of ether oxygens (including phenoxy) is 2. The summed E-state index contributed by atoms with van der Waals surface area (Å²) < 4.78 is 10.4. The fraction of sp³-hybridized carbons (Fsp3) is 0.591. The molecule has 2 amide bonds. The molecule has 3 atom stereocenters. The molecule has 1 aliphatic rings. The third-order valence-electron chi connectivity index (χ3n) is 4.69. The predicted octanol–water partition coefficient (Wildman–Crippen LogP) is 3.09. The summed E-state index contributed by atoms with van der Waals surface area (Å²) in [5.74, 6) is -2.24. The first-order chi connectivity index (χ1) is 13.6. The van der Waals surface area contributed by atoms with Gasteiger partial charge in [0.2, 0.25) is 5.91 Å². The van der Waals surface area contributed by atoms with Crippen molar-refractivity contribution in [1.82, 2.24) is 4.90 Å². The van der Waals surface area contributed by atoms with Gasteiger partial charge in [0.25, 0.3) is 0 Å². The standard InChI is InChI=1S/C22H31NO6/c1-5-9-18(24)17(13-19(25)29-22(2,3)4)20(26)23-16(14-28-21(23)27)12-15-10-7-6-8-11-15/h6-8,10-11,16-18,24H,5,9,12-14H2,1-4H3/t16-,17+,18+/m0/s1. The van der Waals surface area contributed by atoms with Gasteiger partial charge in [-0.25, -0.2) is 9.69 Å². The summed E-state index contributed by atoms with van der Waals surface area (Å²) in [6, 6.07) is 9.00. The number of rotatable bonds is 8. The van der Waals surface area contributed by atoms with E-state index in [1.54, 1.807) is 20.8 Å². The van der Waals surface area contributed by atoms with Crippen molar-refractivity contribution in [2.75, 3.05) is 6.61 Å². The molecule has 7 nitrogen and oxygen atoms in total. The molecule has 0 saturated carbocycles. The van der Waals surface area contributed by atoms with Crippen LogP contribution in [0.15, 0.2) is 30.3 Å². The normalized spacial score (nSPS) is 18.9. The second-order valence-corrected chi connectivity index (χ2v) is 8.38. The summed E-state index contributed by atoms with van der Waals surface area (Å²) in [7, 11) is 0. The highest BCUT2D eigenvalue weighted by molar-refractivity contribution is 5.96. The Morgan fingerprint density at radius 2 is 1.93 bits per heavy atom. The van der Waals surface area contributed by atoms with E-state index in [0.717, 1.165) is 10.5 Å². The van der Waals surface area contributed by atoms with Gasteiger partial charge in [0.05, 0.1) is 24.5 Å². The van der Waals surface area contributed by atoms with Crippen LogP contribution in [0, 0.1) is 5.92 Å². The second-order valence-electron chi connectivity index (χ2n) is 8.38.